The Labute approximate surface area is 92.4 Å². The lowest BCUT2D eigenvalue weighted by Crippen LogP contribution is -2.12. The molecule has 0 spiro atoms. The molecular weight excluding hydrogens is 206 g/mol. The van der Waals surface area contributed by atoms with E-state index in [4.69, 9.17) is 11.5 Å². The number of hydrogen-bond acceptors (Lipinski definition) is 6. The zero-order chi connectivity index (χ0) is 11.5. The van der Waals surface area contributed by atoms with Gasteiger partial charge in [0.25, 0.3) is 0 Å². The Kier molecular flexibility index (Phi) is 2.67. The lowest BCUT2D eigenvalue weighted by Gasteiger charge is -2.10. The molecule has 0 aromatic carbocycles. The molecule has 0 saturated heterocycles. The molecule has 7 heteroatoms. The molecule has 0 radical (unpaired) electrons. The van der Waals surface area contributed by atoms with Crippen molar-refractivity contribution in [2.45, 2.75) is 19.3 Å². The Balaban J connectivity index is 2.41. The first-order valence-corrected chi connectivity index (χ1v) is 4.97. The topological polar surface area (TPSA) is 119 Å². The van der Waals surface area contributed by atoms with Crippen LogP contribution in [0.25, 0.3) is 0 Å². The monoisotopic (exact) mass is 219 g/mol. The van der Waals surface area contributed by atoms with Crippen LogP contribution in [0.5, 0.6) is 0 Å². The standard InChI is InChI=1S/C9H13N7/c1-2-5(6-12-3-4-13-6)7-14-8(10)16-9(11)15-7/h3-5H,2H2,1H3,(H,12,13)(H4,10,11,14,15,16). The Bertz CT molecular complexity index is 444. The largest absolute Gasteiger partial charge is 0.368 e. The third kappa shape index (κ3) is 1.92. The highest BCUT2D eigenvalue weighted by Crippen LogP contribution is 2.22. The van der Waals surface area contributed by atoms with Crippen molar-refractivity contribution < 1.29 is 0 Å². The molecule has 0 saturated carbocycles. The van der Waals surface area contributed by atoms with Crippen molar-refractivity contribution in [3.05, 3.63) is 24.0 Å². The number of imidazole rings is 1. The van der Waals surface area contributed by atoms with Crippen molar-refractivity contribution in [2.75, 3.05) is 11.5 Å². The van der Waals surface area contributed by atoms with Gasteiger partial charge in [-0.3, -0.25) is 0 Å². The molecule has 2 aromatic heterocycles. The molecule has 5 N–H and O–H groups in total. The van der Waals surface area contributed by atoms with Gasteiger partial charge in [-0.2, -0.15) is 15.0 Å². The maximum Gasteiger partial charge on any atom is 0.225 e. The summed E-state index contributed by atoms with van der Waals surface area (Å²) >= 11 is 0. The highest BCUT2D eigenvalue weighted by Gasteiger charge is 2.18. The van der Waals surface area contributed by atoms with Crippen LogP contribution in [0.3, 0.4) is 0 Å². The number of H-pyrrole nitrogens is 1. The maximum atomic E-state index is 5.53. The van der Waals surface area contributed by atoms with Gasteiger partial charge in [-0.15, -0.1) is 0 Å². The lowest BCUT2D eigenvalue weighted by atomic mass is 10.1. The summed E-state index contributed by atoms with van der Waals surface area (Å²) < 4.78 is 0. The van der Waals surface area contributed by atoms with Crippen LogP contribution < -0.4 is 11.5 Å². The Morgan fingerprint density at radius 2 is 1.94 bits per heavy atom. The van der Waals surface area contributed by atoms with E-state index in [9.17, 15) is 0 Å². The van der Waals surface area contributed by atoms with Crippen LogP contribution in [-0.4, -0.2) is 24.9 Å². The Hall–Kier alpha value is -2.18. The predicted molar refractivity (Wildman–Crippen MR) is 59.4 cm³/mol. The Morgan fingerprint density at radius 1 is 1.25 bits per heavy atom. The van der Waals surface area contributed by atoms with Crippen LogP contribution in [0.15, 0.2) is 12.4 Å². The van der Waals surface area contributed by atoms with E-state index in [1.54, 1.807) is 12.4 Å². The van der Waals surface area contributed by atoms with Crippen LogP contribution in [0.4, 0.5) is 11.9 Å². The summed E-state index contributed by atoms with van der Waals surface area (Å²) in [5, 5.41) is 0. The molecule has 0 aliphatic rings. The molecule has 1 atom stereocenters. The number of nitrogens with one attached hydrogen (secondary N) is 1. The van der Waals surface area contributed by atoms with Crippen molar-refractivity contribution >= 4 is 11.9 Å². The molecule has 0 fully saturated rings. The molecule has 2 rings (SSSR count). The molecule has 16 heavy (non-hydrogen) atoms. The summed E-state index contributed by atoms with van der Waals surface area (Å²) in [5.41, 5.74) is 11.1. The first-order valence-electron chi connectivity index (χ1n) is 4.97. The summed E-state index contributed by atoms with van der Waals surface area (Å²) in [7, 11) is 0. The van der Waals surface area contributed by atoms with E-state index in [1.165, 1.54) is 0 Å². The minimum Gasteiger partial charge on any atom is -0.368 e. The van der Waals surface area contributed by atoms with E-state index in [1.807, 2.05) is 6.92 Å². The van der Waals surface area contributed by atoms with E-state index in [-0.39, 0.29) is 17.8 Å². The first kappa shape index (κ1) is 10.3. The quantitative estimate of drug-likeness (QED) is 0.683. The molecule has 2 aromatic rings. The number of aromatic amines is 1. The molecule has 84 valence electrons. The van der Waals surface area contributed by atoms with Crippen molar-refractivity contribution in [1.29, 1.82) is 0 Å². The number of aromatic nitrogens is 5. The molecule has 0 amide bonds. The fraction of sp³-hybridized carbons (Fsp3) is 0.333. The number of nitrogen functional groups attached to an aromatic ring is 2. The third-order valence-corrected chi connectivity index (χ3v) is 2.26. The van der Waals surface area contributed by atoms with Gasteiger partial charge in [-0.05, 0) is 6.42 Å². The molecule has 1 unspecified atom stereocenters. The molecular formula is C9H13N7. The van der Waals surface area contributed by atoms with Gasteiger partial charge in [0.2, 0.25) is 11.9 Å². The van der Waals surface area contributed by atoms with E-state index in [0.29, 0.717) is 5.82 Å². The van der Waals surface area contributed by atoms with Gasteiger partial charge in [0.15, 0.2) is 0 Å². The molecule has 7 nitrogen and oxygen atoms in total. The average Bonchev–Trinajstić information content (AvgIpc) is 2.70. The van der Waals surface area contributed by atoms with Crippen LogP contribution in [0, 0.1) is 0 Å². The average molecular weight is 219 g/mol. The number of hydrogen-bond donors (Lipinski definition) is 3. The third-order valence-electron chi connectivity index (χ3n) is 2.26. The van der Waals surface area contributed by atoms with E-state index >= 15 is 0 Å². The SMILES string of the molecule is CCC(c1nc(N)nc(N)n1)c1ncc[nH]1. The van der Waals surface area contributed by atoms with Crippen LogP contribution >= 0.6 is 0 Å². The molecule has 2 heterocycles. The van der Waals surface area contributed by atoms with Gasteiger partial charge >= 0.3 is 0 Å². The van der Waals surface area contributed by atoms with E-state index in [0.717, 1.165) is 12.2 Å². The van der Waals surface area contributed by atoms with Crippen LogP contribution in [0.1, 0.15) is 30.9 Å². The van der Waals surface area contributed by atoms with Gasteiger partial charge in [0.1, 0.15) is 11.6 Å². The van der Waals surface area contributed by atoms with Crippen molar-refractivity contribution in [2.24, 2.45) is 0 Å². The second-order valence-electron chi connectivity index (χ2n) is 3.35. The summed E-state index contributed by atoms with van der Waals surface area (Å²) in [5.74, 6) is 1.57. The van der Waals surface area contributed by atoms with Crippen LogP contribution in [-0.2, 0) is 0 Å². The lowest BCUT2D eigenvalue weighted by molar-refractivity contribution is 0.677. The zero-order valence-corrected chi connectivity index (χ0v) is 8.88. The first-order chi connectivity index (χ1) is 7.70. The van der Waals surface area contributed by atoms with Gasteiger partial charge in [0.05, 0.1) is 5.92 Å². The minimum absolute atomic E-state index is 0.0393. The van der Waals surface area contributed by atoms with Gasteiger partial charge in [0, 0.05) is 12.4 Å². The van der Waals surface area contributed by atoms with E-state index in [2.05, 4.69) is 24.9 Å². The molecule has 0 bridgehead atoms. The Morgan fingerprint density at radius 3 is 2.44 bits per heavy atom. The smallest absolute Gasteiger partial charge is 0.225 e. The second kappa shape index (κ2) is 4.13. The van der Waals surface area contributed by atoms with Crippen LogP contribution in [0.2, 0.25) is 0 Å². The predicted octanol–water partition coefficient (Wildman–Crippen LogP) is 0.301. The fourth-order valence-electron chi connectivity index (χ4n) is 1.55. The normalized spacial score (nSPS) is 12.6. The highest BCUT2D eigenvalue weighted by molar-refractivity contribution is 5.28. The van der Waals surface area contributed by atoms with Crippen molar-refractivity contribution in [1.82, 2.24) is 24.9 Å². The summed E-state index contributed by atoms with van der Waals surface area (Å²) in [6.45, 7) is 2.02. The van der Waals surface area contributed by atoms with Crippen molar-refractivity contribution in [3.63, 3.8) is 0 Å². The maximum absolute atomic E-state index is 5.53. The summed E-state index contributed by atoms with van der Waals surface area (Å²) in [6, 6.07) is 0. The number of nitrogens with two attached hydrogens (primary N) is 2. The number of rotatable bonds is 3. The number of nitrogens with zero attached hydrogens (tertiary/aromatic N) is 4. The van der Waals surface area contributed by atoms with Crippen molar-refractivity contribution in [3.8, 4) is 0 Å². The summed E-state index contributed by atoms with van der Waals surface area (Å²) in [6.07, 6.45) is 4.24. The number of anilines is 2. The van der Waals surface area contributed by atoms with Gasteiger partial charge in [-0.1, -0.05) is 6.92 Å². The minimum atomic E-state index is -0.0393. The van der Waals surface area contributed by atoms with Gasteiger partial charge < -0.3 is 16.5 Å². The van der Waals surface area contributed by atoms with Gasteiger partial charge in [-0.25, -0.2) is 4.98 Å². The second-order valence-corrected chi connectivity index (χ2v) is 3.35. The zero-order valence-electron chi connectivity index (χ0n) is 8.88. The summed E-state index contributed by atoms with van der Waals surface area (Å²) in [4.78, 5) is 19.1. The fourth-order valence-corrected chi connectivity index (χ4v) is 1.55. The highest BCUT2D eigenvalue weighted by atomic mass is 15.1. The van der Waals surface area contributed by atoms with E-state index < -0.39 is 0 Å². The molecule has 0 aliphatic carbocycles. The molecule has 0 aliphatic heterocycles.